The molecule has 0 unspecified atom stereocenters. The van der Waals surface area contributed by atoms with Gasteiger partial charge in [-0.1, -0.05) is 23.7 Å². The normalized spacial score (nSPS) is 14.1. The number of hydrazone groups is 1. The standard InChI is InChI=1S/C18H17ClN2O3S/c19-14-4-6-15(7-5-14)23-10-18(22)21-20-9-13-2-1-3-16(8-13)24-17-11-25-12-17/h1-9,17H,10-12H2,(H,21,22)/b20-9-. The maximum Gasteiger partial charge on any atom is 0.277 e. The van der Waals surface area contributed by atoms with Gasteiger partial charge in [-0.25, -0.2) is 5.43 Å². The van der Waals surface area contributed by atoms with Crippen LogP contribution >= 0.6 is 23.4 Å². The quantitative estimate of drug-likeness (QED) is 0.594. The molecule has 5 nitrogen and oxygen atoms in total. The van der Waals surface area contributed by atoms with Gasteiger partial charge >= 0.3 is 0 Å². The lowest BCUT2D eigenvalue weighted by atomic mass is 10.2. The maximum atomic E-state index is 11.7. The number of amides is 1. The van der Waals surface area contributed by atoms with Gasteiger partial charge < -0.3 is 9.47 Å². The van der Waals surface area contributed by atoms with Crippen molar-refractivity contribution in [2.45, 2.75) is 6.10 Å². The van der Waals surface area contributed by atoms with Gasteiger partial charge in [0.25, 0.3) is 5.91 Å². The van der Waals surface area contributed by atoms with Crippen molar-refractivity contribution >= 4 is 35.5 Å². The fourth-order valence-corrected chi connectivity index (χ4v) is 2.72. The molecular formula is C18H17ClN2O3S. The number of benzene rings is 2. The van der Waals surface area contributed by atoms with Crippen molar-refractivity contribution in [3.8, 4) is 11.5 Å². The molecule has 0 radical (unpaired) electrons. The van der Waals surface area contributed by atoms with E-state index in [-0.39, 0.29) is 12.5 Å². The van der Waals surface area contributed by atoms with Crippen molar-refractivity contribution in [3.05, 3.63) is 59.1 Å². The number of hydrogen-bond donors (Lipinski definition) is 1. The third kappa shape index (κ3) is 5.69. The van der Waals surface area contributed by atoms with Crippen LogP contribution in [-0.4, -0.2) is 36.3 Å². The Hall–Kier alpha value is -2.18. The summed E-state index contributed by atoms with van der Waals surface area (Å²) in [5.74, 6) is 3.10. The summed E-state index contributed by atoms with van der Waals surface area (Å²) in [5.41, 5.74) is 3.28. The topological polar surface area (TPSA) is 59.9 Å². The number of carbonyl (C=O) groups is 1. The highest BCUT2D eigenvalue weighted by atomic mass is 35.5. The molecule has 25 heavy (non-hydrogen) atoms. The van der Waals surface area contributed by atoms with Gasteiger partial charge in [0.15, 0.2) is 6.61 Å². The molecule has 1 heterocycles. The molecule has 0 atom stereocenters. The van der Waals surface area contributed by atoms with Gasteiger partial charge in [0.1, 0.15) is 17.6 Å². The van der Waals surface area contributed by atoms with Crippen LogP contribution in [-0.2, 0) is 4.79 Å². The molecule has 0 saturated carbocycles. The first kappa shape index (κ1) is 17.6. The van der Waals surface area contributed by atoms with E-state index >= 15 is 0 Å². The van der Waals surface area contributed by atoms with Crippen molar-refractivity contribution in [2.75, 3.05) is 18.1 Å². The lowest BCUT2D eigenvalue weighted by Crippen LogP contribution is -2.31. The van der Waals surface area contributed by atoms with Crippen molar-refractivity contribution in [2.24, 2.45) is 5.10 Å². The molecule has 0 aliphatic carbocycles. The van der Waals surface area contributed by atoms with E-state index in [1.165, 1.54) is 0 Å². The van der Waals surface area contributed by atoms with Gasteiger partial charge in [-0.15, -0.1) is 0 Å². The lowest BCUT2D eigenvalue weighted by molar-refractivity contribution is -0.123. The Labute approximate surface area is 155 Å². The third-order valence-corrected chi connectivity index (χ3v) is 4.82. The molecular weight excluding hydrogens is 360 g/mol. The van der Waals surface area contributed by atoms with E-state index in [0.717, 1.165) is 22.8 Å². The van der Waals surface area contributed by atoms with Crippen LogP contribution < -0.4 is 14.9 Å². The predicted molar refractivity (Wildman–Crippen MR) is 101 cm³/mol. The van der Waals surface area contributed by atoms with Crippen molar-refractivity contribution in [1.29, 1.82) is 0 Å². The molecule has 2 aromatic rings. The highest BCUT2D eigenvalue weighted by Gasteiger charge is 2.19. The summed E-state index contributed by atoms with van der Waals surface area (Å²) in [5, 5.41) is 4.55. The van der Waals surface area contributed by atoms with Gasteiger partial charge in [0.05, 0.1) is 6.21 Å². The fourth-order valence-electron chi connectivity index (χ4n) is 2.03. The molecule has 1 aliphatic heterocycles. The van der Waals surface area contributed by atoms with Gasteiger partial charge in [-0.05, 0) is 42.0 Å². The average Bonchev–Trinajstić information content (AvgIpc) is 2.58. The van der Waals surface area contributed by atoms with Crippen LogP contribution in [0.1, 0.15) is 5.56 Å². The van der Waals surface area contributed by atoms with Crippen LogP contribution in [0.2, 0.25) is 5.02 Å². The zero-order chi connectivity index (χ0) is 17.5. The molecule has 0 spiro atoms. The Kier molecular flexibility index (Phi) is 6.19. The van der Waals surface area contributed by atoms with Gasteiger partial charge in [-0.2, -0.15) is 16.9 Å². The Balaban J connectivity index is 1.44. The number of carbonyl (C=O) groups excluding carboxylic acids is 1. The van der Waals surface area contributed by atoms with Crippen molar-refractivity contribution in [1.82, 2.24) is 5.43 Å². The number of hydrogen-bond acceptors (Lipinski definition) is 5. The minimum Gasteiger partial charge on any atom is -0.489 e. The van der Waals surface area contributed by atoms with Crippen LogP contribution in [0, 0.1) is 0 Å². The average molecular weight is 377 g/mol. The van der Waals surface area contributed by atoms with E-state index in [0.29, 0.717) is 16.9 Å². The predicted octanol–water partition coefficient (Wildman–Crippen LogP) is 3.36. The summed E-state index contributed by atoms with van der Waals surface area (Å²) in [6.07, 6.45) is 1.87. The summed E-state index contributed by atoms with van der Waals surface area (Å²) >= 11 is 7.66. The van der Waals surface area contributed by atoms with Gasteiger partial charge in [0.2, 0.25) is 0 Å². The van der Waals surface area contributed by atoms with Gasteiger partial charge in [0, 0.05) is 16.5 Å². The Morgan fingerprint density at radius 3 is 2.76 bits per heavy atom. The number of rotatable bonds is 7. The van der Waals surface area contributed by atoms with Crippen LogP contribution in [0.4, 0.5) is 0 Å². The smallest absolute Gasteiger partial charge is 0.277 e. The second-order valence-electron chi connectivity index (χ2n) is 5.39. The van der Waals surface area contributed by atoms with Crippen molar-refractivity contribution in [3.63, 3.8) is 0 Å². The molecule has 7 heteroatoms. The summed E-state index contributed by atoms with van der Waals surface area (Å²) in [4.78, 5) is 11.7. The summed E-state index contributed by atoms with van der Waals surface area (Å²) in [6, 6.07) is 14.4. The summed E-state index contributed by atoms with van der Waals surface area (Å²) in [7, 11) is 0. The summed E-state index contributed by atoms with van der Waals surface area (Å²) < 4.78 is 11.2. The molecule has 1 aliphatic rings. The molecule has 0 aromatic heterocycles. The molecule has 1 fully saturated rings. The largest absolute Gasteiger partial charge is 0.489 e. The van der Waals surface area contributed by atoms with E-state index in [1.54, 1.807) is 30.5 Å². The molecule has 2 aromatic carbocycles. The maximum absolute atomic E-state index is 11.7. The molecule has 3 rings (SSSR count). The van der Waals surface area contributed by atoms with Crippen LogP contribution in [0.25, 0.3) is 0 Å². The molecule has 130 valence electrons. The second-order valence-corrected chi connectivity index (χ2v) is 6.90. The third-order valence-electron chi connectivity index (χ3n) is 3.35. The molecule has 0 bridgehead atoms. The number of halogens is 1. The molecule has 1 N–H and O–H groups in total. The zero-order valence-electron chi connectivity index (χ0n) is 13.4. The summed E-state index contributed by atoms with van der Waals surface area (Å²) in [6.45, 7) is -0.124. The Morgan fingerprint density at radius 2 is 2.04 bits per heavy atom. The van der Waals surface area contributed by atoms with E-state index < -0.39 is 0 Å². The Bertz CT molecular complexity index is 748. The molecule has 1 amide bonds. The second kappa shape index (κ2) is 8.78. The first-order valence-corrected chi connectivity index (χ1v) is 9.27. The van der Waals surface area contributed by atoms with Crippen LogP contribution in [0.15, 0.2) is 53.6 Å². The minimum atomic E-state index is -0.343. The van der Waals surface area contributed by atoms with Crippen molar-refractivity contribution < 1.29 is 14.3 Å². The zero-order valence-corrected chi connectivity index (χ0v) is 14.9. The first-order chi connectivity index (χ1) is 12.2. The fraction of sp³-hybridized carbons (Fsp3) is 0.222. The van der Waals surface area contributed by atoms with E-state index in [2.05, 4.69) is 10.5 Å². The van der Waals surface area contributed by atoms with Crippen LogP contribution in [0.5, 0.6) is 11.5 Å². The number of thioether (sulfide) groups is 1. The van der Waals surface area contributed by atoms with Gasteiger partial charge in [-0.3, -0.25) is 4.79 Å². The highest BCUT2D eigenvalue weighted by Crippen LogP contribution is 2.24. The number of nitrogens with zero attached hydrogens (tertiary/aromatic N) is 1. The SMILES string of the molecule is O=C(COc1ccc(Cl)cc1)N/N=C\c1cccc(OC2CSC2)c1. The number of nitrogens with one attached hydrogen (secondary N) is 1. The van der Waals surface area contributed by atoms with E-state index in [4.69, 9.17) is 21.1 Å². The van der Waals surface area contributed by atoms with Crippen LogP contribution in [0.3, 0.4) is 0 Å². The Morgan fingerprint density at radius 1 is 1.24 bits per heavy atom. The lowest BCUT2D eigenvalue weighted by Gasteiger charge is -2.25. The highest BCUT2D eigenvalue weighted by molar-refractivity contribution is 8.00. The van der Waals surface area contributed by atoms with E-state index in [9.17, 15) is 4.79 Å². The number of ether oxygens (including phenoxy) is 2. The monoisotopic (exact) mass is 376 g/mol. The van der Waals surface area contributed by atoms with E-state index in [1.807, 2.05) is 36.0 Å². The first-order valence-electron chi connectivity index (χ1n) is 7.74. The molecule has 1 saturated heterocycles. The minimum absolute atomic E-state index is 0.124.